The topological polar surface area (TPSA) is 47.6 Å². The zero-order valence-corrected chi connectivity index (χ0v) is 14.8. The number of amides is 1. The average molecular weight is 352 g/mol. The SMILES string of the molecule is COc1cc(/C=C/C(=O)NCc2sccc2C)cc(Cl)c1OC. The third-order valence-corrected chi connectivity index (χ3v) is 4.58. The number of carbonyl (C=O) groups excluding carboxylic acids is 1. The van der Waals surface area contributed by atoms with Gasteiger partial charge in [-0.15, -0.1) is 11.3 Å². The first-order valence-electron chi connectivity index (χ1n) is 6.95. The van der Waals surface area contributed by atoms with E-state index in [9.17, 15) is 4.79 Å². The van der Waals surface area contributed by atoms with Gasteiger partial charge >= 0.3 is 0 Å². The minimum Gasteiger partial charge on any atom is -0.493 e. The van der Waals surface area contributed by atoms with Crippen LogP contribution in [0.3, 0.4) is 0 Å². The van der Waals surface area contributed by atoms with Crippen molar-refractivity contribution in [3.63, 3.8) is 0 Å². The summed E-state index contributed by atoms with van der Waals surface area (Å²) >= 11 is 7.77. The summed E-state index contributed by atoms with van der Waals surface area (Å²) in [4.78, 5) is 13.1. The van der Waals surface area contributed by atoms with Gasteiger partial charge in [0.15, 0.2) is 11.5 Å². The maximum Gasteiger partial charge on any atom is 0.244 e. The molecule has 0 aliphatic rings. The molecule has 0 aliphatic carbocycles. The minimum absolute atomic E-state index is 0.163. The van der Waals surface area contributed by atoms with Crippen molar-refractivity contribution in [1.82, 2.24) is 5.32 Å². The zero-order valence-electron chi connectivity index (χ0n) is 13.2. The molecule has 0 fully saturated rings. The van der Waals surface area contributed by atoms with Crippen molar-refractivity contribution in [2.45, 2.75) is 13.5 Å². The molecule has 1 aromatic carbocycles. The van der Waals surface area contributed by atoms with Crippen molar-refractivity contribution in [3.05, 3.63) is 50.7 Å². The molecule has 0 radical (unpaired) electrons. The molecular formula is C17H18ClNO3S. The predicted octanol–water partition coefficient (Wildman–Crippen LogP) is 4.06. The fourth-order valence-corrected chi connectivity index (χ4v) is 3.16. The van der Waals surface area contributed by atoms with Gasteiger partial charge in [0.05, 0.1) is 25.8 Å². The Morgan fingerprint density at radius 2 is 2.13 bits per heavy atom. The molecule has 122 valence electrons. The fourth-order valence-electron chi connectivity index (χ4n) is 2.02. The van der Waals surface area contributed by atoms with Crippen molar-refractivity contribution in [2.24, 2.45) is 0 Å². The van der Waals surface area contributed by atoms with E-state index in [2.05, 4.69) is 5.32 Å². The van der Waals surface area contributed by atoms with Crippen LogP contribution < -0.4 is 14.8 Å². The molecule has 6 heteroatoms. The van der Waals surface area contributed by atoms with Crippen LogP contribution in [0, 0.1) is 6.92 Å². The van der Waals surface area contributed by atoms with Crippen LogP contribution >= 0.6 is 22.9 Å². The first kappa shape index (κ1) is 17.4. The minimum atomic E-state index is -0.163. The van der Waals surface area contributed by atoms with Crippen LogP contribution in [0.15, 0.2) is 29.7 Å². The van der Waals surface area contributed by atoms with Crippen molar-refractivity contribution in [2.75, 3.05) is 14.2 Å². The second-order valence-corrected chi connectivity index (χ2v) is 6.22. The molecule has 1 N–H and O–H groups in total. The Kier molecular flexibility index (Phi) is 6.07. The van der Waals surface area contributed by atoms with E-state index in [0.29, 0.717) is 23.1 Å². The second kappa shape index (κ2) is 8.04. The summed E-state index contributed by atoms with van der Waals surface area (Å²) in [7, 11) is 3.07. The smallest absolute Gasteiger partial charge is 0.244 e. The Morgan fingerprint density at radius 1 is 1.35 bits per heavy atom. The lowest BCUT2D eigenvalue weighted by Crippen LogP contribution is -2.19. The van der Waals surface area contributed by atoms with Crippen molar-refractivity contribution < 1.29 is 14.3 Å². The number of nitrogens with one attached hydrogen (secondary N) is 1. The number of methoxy groups -OCH3 is 2. The number of carbonyl (C=O) groups is 1. The summed E-state index contributed by atoms with van der Waals surface area (Å²) in [6.07, 6.45) is 3.16. The highest BCUT2D eigenvalue weighted by atomic mass is 35.5. The van der Waals surface area contributed by atoms with E-state index >= 15 is 0 Å². The van der Waals surface area contributed by atoms with Gasteiger partial charge in [0.1, 0.15) is 0 Å². The molecule has 2 rings (SSSR count). The first-order valence-corrected chi connectivity index (χ1v) is 8.21. The van der Waals surface area contributed by atoms with Crippen molar-refractivity contribution in [1.29, 1.82) is 0 Å². The maximum absolute atomic E-state index is 11.9. The molecule has 0 unspecified atom stereocenters. The molecule has 0 bridgehead atoms. The van der Waals surface area contributed by atoms with Crippen LogP contribution in [-0.2, 0) is 11.3 Å². The number of thiophene rings is 1. The highest BCUT2D eigenvalue weighted by molar-refractivity contribution is 7.10. The molecule has 0 atom stereocenters. The third-order valence-electron chi connectivity index (χ3n) is 3.27. The van der Waals surface area contributed by atoms with Crippen LogP contribution in [0.25, 0.3) is 6.08 Å². The van der Waals surface area contributed by atoms with E-state index in [-0.39, 0.29) is 5.91 Å². The molecule has 0 spiro atoms. The largest absolute Gasteiger partial charge is 0.493 e. The molecule has 23 heavy (non-hydrogen) atoms. The molecule has 4 nitrogen and oxygen atoms in total. The Balaban J connectivity index is 2.03. The third kappa shape index (κ3) is 4.50. The lowest BCUT2D eigenvalue weighted by molar-refractivity contribution is -0.116. The first-order chi connectivity index (χ1) is 11.0. The van der Waals surface area contributed by atoms with E-state index in [0.717, 1.165) is 10.4 Å². The summed E-state index contributed by atoms with van der Waals surface area (Å²) < 4.78 is 10.4. The fraction of sp³-hybridized carbons (Fsp3) is 0.235. The molecule has 0 saturated heterocycles. The number of rotatable bonds is 6. The van der Waals surface area contributed by atoms with Gasteiger partial charge in [-0.3, -0.25) is 4.79 Å². The molecule has 2 aromatic rings. The quantitative estimate of drug-likeness (QED) is 0.798. The molecule has 1 amide bonds. The Hall–Kier alpha value is -1.98. The van der Waals surface area contributed by atoms with E-state index in [1.165, 1.54) is 25.9 Å². The standard InChI is InChI=1S/C17H18ClNO3S/c1-11-6-7-23-15(11)10-19-16(20)5-4-12-8-13(18)17(22-3)14(9-12)21-2/h4-9H,10H2,1-3H3,(H,19,20)/b5-4+. The predicted molar refractivity (Wildman–Crippen MR) is 94.5 cm³/mol. The van der Waals surface area contributed by atoms with Gasteiger partial charge in [-0.25, -0.2) is 0 Å². The normalized spacial score (nSPS) is 10.8. The highest BCUT2D eigenvalue weighted by Gasteiger charge is 2.10. The number of ether oxygens (including phenoxy) is 2. The van der Waals surface area contributed by atoms with Gasteiger partial charge in [0.2, 0.25) is 5.91 Å². The van der Waals surface area contributed by atoms with Gasteiger partial charge in [-0.05, 0) is 47.7 Å². The Labute approximate surface area is 144 Å². The number of hydrogen-bond acceptors (Lipinski definition) is 4. The van der Waals surface area contributed by atoms with Gasteiger partial charge < -0.3 is 14.8 Å². The van der Waals surface area contributed by atoms with Crippen LogP contribution in [0.4, 0.5) is 0 Å². The molecular weight excluding hydrogens is 334 g/mol. The lowest BCUT2D eigenvalue weighted by Gasteiger charge is -2.10. The zero-order chi connectivity index (χ0) is 16.8. The van der Waals surface area contributed by atoms with E-state index < -0.39 is 0 Å². The van der Waals surface area contributed by atoms with Crippen LogP contribution in [0.2, 0.25) is 5.02 Å². The van der Waals surface area contributed by atoms with Gasteiger partial charge in [0, 0.05) is 11.0 Å². The Bertz CT molecular complexity index is 725. The molecule has 1 aromatic heterocycles. The maximum atomic E-state index is 11.9. The molecule has 1 heterocycles. The second-order valence-electron chi connectivity index (χ2n) is 4.82. The number of hydrogen-bond donors (Lipinski definition) is 1. The summed E-state index contributed by atoms with van der Waals surface area (Å²) in [5, 5.41) is 5.30. The lowest BCUT2D eigenvalue weighted by atomic mass is 10.2. The summed E-state index contributed by atoms with van der Waals surface area (Å²) in [6.45, 7) is 2.55. The summed E-state index contributed by atoms with van der Waals surface area (Å²) in [6, 6.07) is 5.52. The van der Waals surface area contributed by atoms with Crippen molar-refractivity contribution >= 4 is 34.9 Å². The number of aryl methyl sites for hydroxylation is 1. The summed E-state index contributed by atoms with van der Waals surface area (Å²) in [5.74, 6) is 0.835. The van der Waals surface area contributed by atoms with E-state index in [1.54, 1.807) is 29.5 Å². The Morgan fingerprint density at radius 3 is 2.74 bits per heavy atom. The van der Waals surface area contributed by atoms with Crippen molar-refractivity contribution in [3.8, 4) is 11.5 Å². The number of benzene rings is 1. The van der Waals surface area contributed by atoms with Gasteiger partial charge in [-0.2, -0.15) is 0 Å². The molecule has 0 saturated carbocycles. The van der Waals surface area contributed by atoms with Gasteiger partial charge in [0.25, 0.3) is 0 Å². The number of halogens is 1. The van der Waals surface area contributed by atoms with Crippen LogP contribution in [-0.4, -0.2) is 20.1 Å². The molecule has 0 aliphatic heterocycles. The van der Waals surface area contributed by atoms with Crippen LogP contribution in [0.1, 0.15) is 16.0 Å². The highest BCUT2D eigenvalue weighted by Crippen LogP contribution is 2.36. The van der Waals surface area contributed by atoms with Crippen LogP contribution in [0.5, 0.6) is 11.5 Å². The monoisotopic (exact) mass is 351 g/mol. The summed E-state index contributed by atoms with van der Waals surface area (Å²) in [5.41, 5.74) is 1.95. The average Bonchev–Trinajstić information content (AvgIpc) is 2.95. The van der Waals surface area contributed by atoms with E-state index in [4.69, 9.17) is 21.1 Å². The van der Waals surface area contributed by atoms with Gasteiger partial charge in [-0.1, -0.05) is 11.6 Å². The van der Waals surface area contributed by atoms with E-state index in [1.807, 2.05) is 18.4 Å².